The molecular formula is C11H13BF3-. The molecule has 1 aromatic carbocycles. The van der Waals surface area contributed by atoms with Crippen LogP contribution in [0.5, 0.6) is 0 Å². The molecule has 0 nitrogen and oxygen atoms in total. The first-order valence-electron chi connectivity index (χ1n) is 4.76. The van der Waals surface area contributed by atoms with Gasteiger partial charge in [-0.3, -0.25) is 0 Å². The Bertz CT molecular complexity index is 368. The van der Waals surface area contributed by atoms with Gasteiger partial charge < -0.3 is 12.9 Å². The zero-order valence-corrected chi connectivity index (χ0v) is 9.02. The molecule has 0 bridgehead atoms. The van der Waals surface area contributed by atoms with Crippen LogP contribution in [0.3, 0.4) is 0 Å². The van der Waals surface area contributed by atoms with Crippen LogP contribution in [0.1, 0.15) is 22.3 Å². The van der Waals surface area contributed by atoms with Crippen molar-refractivity contribution in [2.24, 2.45) is 0 Å². The molecule has 4 heteroatoms. The second kappa shape index (κ2) is 4.13. The molecule has 0 aliphatic heterocycles. The molecule has 0 aliphatic rings. The summed E-state index contributed by atoms with van der Waals surface area (Å²) in [4.78, 5) is 0. The Labute approximate surface area is 87.9 Å². The Hall–Kier alpha value is -1.19. The molecule has 0 unspecified atom stereocenters. The first-order chi connectivity index (χ1) is 6.79. The normalized spacial score (nSPS) is 12.4. The van der Waals surface area contributed by atoms with Crippen molar-refractivity contribution < 1.29 is 12.9 Å². The molecule has 1 aromatic rings. The van der Waals surface area contributed by atoms with Crippen molar-refractivity contribution in [2.45, 2.75) is 20.8 Å². The van der Waals surface area contributed by atoms with Gasteiger partial charge in [0.15, 0.2) is 0 Å². The van der Waals surface area contributed by atoms with Crippen molar-refractivity contribution in [1.82, 2.24) is 0 Å². The van der Waals surface area contributed by atoms with Crippen LogP contribution in [0.2, 0.25) is 0 Å². The summed E-state index contributed by atoms with van der Waals surface area (Å²) in [5.41, 5.74) is 3.49. The molecule has 0 spiro atoms. The van der Waals surface area contributed by atoms with Crippen molar-refractivity contribution in [3.63, 3.8) is 0 Å². The van der Waals surface area contributed by atoms with Gasteiger partial charge in [-0.1, -0.05) is 23.8 Å². The third-order valence-corrected chi connectivity index (χ3v) is 2.22. The Morgan fingerprint density at radius 1 is 1.00 bits per heavy atom. The van der Waals surface area contributed by atoms with E-state index in [0.29, 0.717) is 11.5 Å². The van der Waals surface area contributed by atoms with Crippen LogP contribution in [-0.4, -0.2) is 6.98 Å². The second-order valence-corrected chi connectivity index (χ2v) is 3.80. The van der Waals surface area contributed by atoms with Crippen LogP contribution in [0.4, 0.5) is 12.9 Å². The van der Waals surface area contributed by atoms with E-state index in [0.717, 1.165) is 22.8 Å². The third-order valence-electron chi connectivity index (χ3n) is 2.22. The van der Waals surface area contributed by atoms with Gasteiger partial charge in [0.2, 0.25) is 0 Å². The number of aryl methyl sites for hydroxylation is 3. The fourth-order valence-corrected chi connectivity index (χ4v) is 1.66. The minimum atomic E-state index is -4.85. The third kappa shape index (κ3) is 3.46. The van der Waals surface area contributed by atoms with E-state index >= 15 is 0 Å². The molecule has 0 fully saturated rings. The highest BCUT2D eigenvalue weighted by Gasteiger charge is 2.17. The summed E-state index contributed by atoms with van der Waals surface area (Å²) in [6, 6.07) is 3.77. The standard InChI is InChI=1S/C11H13BF3/c1-8-6-9(2)11(10(3)7-8)4-5-12(13,14)15/h4-7H,1-3H3/q-1/b5-4+. The molecule has 0 heterocycles. The topological polar surface area (TPSA) is 0 Å². The molecule has 0 aromatic heterocycles. The molecule has 15 heavy (non-hydrogen) atoms. The molecule has 0 N–H and O–H groups in total. The maximum atomic E-state index is 12.1. The molecule has 0 saturated carbocycles. The monoisotopic (exact) mass is 213 g/mol. The molecule has 1 rings (SSSR count). The molecule has 0 amide bonds. The number of hydrogen-bond acceptors (Lipinski definition) is 0. The Balaban J connectivity index is 3.11. The predicted molar refractivity (Wildman–Crippen MR) is 58.8 cm³/mol. The Morgan fingerprint density at radius 3 is 1.87 bits per heavy atom. The number of halogens is 3. The van der Waals surface area contributed by atoms with Gasteiger partial charge in [-0.05, 0) is 37.5 Å². The number of hydrogen-bond donors (Lipinski definition) is 0. The average molecular weight is 213 g/mol. The zero-order valence-electron chi connectivity index (χ0n) is 9.02. The minimum absolute atomic E-state index is 0.338. The fourth-order valence-electron chi connectivity index (χ4n) is 1.66. The SMILES string of the molecule is Cc1cc(C)c(/C=C/[B-](F)(F)F)c(C)c1. The van der Waals surface area contributed by atoms with Crippen LogP contribution in [-0.2, 0) is 0 Å². The van der Waals surface area contributed by atoms with E-state index in [1.165, 1.54) is 0 Å². The van der Waals surface area contributed by atoms with E-state index in [4.69, 9.17) is 0 Å². The highest BCUT2D eigenvalue weighted by molar-refractivity contribution is 6.64. The van der Waals surface area contributed by atoms with E-state index in [2.05, 4.69) is 0 Å². The lowest BCUT2D eigenvalue weighted by molar-refractivity contribution is 0.499. The molecule has 82 valence electrons. The maximum Gasteiger partial charge on any atom is 0.502 e. The summed E-state index contributed by atoms with van der Waals surface area (Å²) >= 11 is 0. The Morgan fingerprint density at radius 2 is 1.47 bits per heavy atom. The minimum Gasteiger partial charge on any atom is -0.445 e. The van der Waals surface area contributed by atoms with Gasteiger partial charge in [0, 0.05) is 0 Å². The average Bonchev–Trinajstić information content (AvgIpc) is 1.99. The van der Waals surface area contributed by atoms with Crippen molar-refractivity contribution in [3.05, 3.63) is 40.4 Å². The highest BCUT2D eigenvalue weighted by atomic mass is 19.4. The second-order valence-electron chi connectivity index (χ2n) is 3.80. The van der Waals surface area contributed by atoms with Crippen LogP contribution in [0, 0.1) is 20.8 Å². The van der Waals surface area contributed by atoms with Crippen molar-refractivity contribution in [2.75, 3.05) is 0 Å². The van der Waals surface area contributed by atoms with Gasteiger partial charge >= 0.3 is 6.98 Å². The largest absolute Gasteiger partial charge is 0.502 e. The van der Waals surface area contributed by atoms with Crippen molar-refractivity contribution in [3.8, 4) is 0 Å². The smallest absolute Gasteiger partial charge is 0.445 e. The van der Waals surface area contributed by atoms with Crippen LogP contribution < -0.4 is 0 Å². The van der Waals surface area contributed by atoms with E-state index < -0.39 is 6.98 Å². The van der Waals surface area contributed by atoms with Gasteiger partial charge in [-0.15, -0.1) is 5.98 Å². The summed E-state index contributed by atoms with van der Waals surface area (Å²) in [7, 11) is 0. The molecule has 0 radical (unpaired) electrons. The van der Waals surface area contributed by atoms with Gasteiger partial charge in [0.1, 0.15) is 0 Å². The van der Waals surface area contributed by atoms with E-state index in [-0.39, 0.29) is 0 Å². The van der Waals surface area contributed by atoms with Crippen LogP contribution in [0.25, 0.3) is 6.08 Å². The zero-order chi connectivity index (χ0) is 11.6. The molecular weight excluding hydrogens is 200 g/mol. The molecule has 0 atom stereocenters. The first-order valence-corrected chi connectivity index (χ1v) is 4.76. The number of benzene rings is 1. The van der Waals surface area contributed by atoms with Gasteiger partial charge in [-0.2, -0.15) is 0 Å². The lowest BCUT2D eigenvalue weighted by Crippen LogP contribution is -2.09. The van der Waals surface area contributed by atoms with Crippen molar-refractivity contribution in [1.29, 1.82) is 0 Å². The summed E-state index contributed by atoms with van der Waals surface area (Å²) in [6.07, 6.45) is 1.16. The summed E-state index contributed by atoms with van der Waals surface area (Å²) < 4.78 is 36.2. The lowest BCUT2D eigenvalue weighted by Gasteiger charge is -2.10. The van der Waals surface area contributed by atoms with Gasteiger partial charge in [-0.25, -0.2) is 0 Å². The maximum absolute atomic E-state index is 12.1. The van der Waals surface area contributed by atoms with Crippen molar-refractivity contribution >= 4 is 13.1 Å². The summed E-state index contributed by atoms with van der Waals surface area (Å²) in [5.74, 6) is 0.338. The highest BCUT2D eigenvalue weighted by Crippen LogP contribution is 2.20. The van der Waals surface area contributed by atoms with E-state index in [1.807, 2.05) is 32.9 Å². The van der Waals surface area contributed by atoms with E-state index in [1.54, 1.807) is 0 Å². The van der Waals surface area contributed by atoms with Crippen LogP contribution >= 0.6 is 0 Å². The van der Waals surface area contributed by atoms with Crippen LogP contribution in [0.15, 0.2) is 18.1 Å². The molecule has 0 saturated heterocycles. The van der Waals surface area contributed by atoms with E-state index in [9.17, 15) is 12.9 Å². The van der Waals surface area contributed by atoms with Gasteiger partial charge in [0.05, 0.1) is 0 Å². The fraction of sp³-hybridized carbons (Fsp3) is 0.273. The lowest BCUT2D eigenvalue weighted by atomic mass is 9.88. The first kappa shape index (κ1) is 11.9. The summed E-state index contributed by atoms with van der Waals surface area (Å²) in [5, 5.41) is 0. The van der Waals surface area contributed by atoms with Gasteiger partial charge in [0.25, 0.3) is 0 Å². The molecule has 0 aliphatic carbocycles. The quantitative estimate of drug-likeness (QED) is 0.651. The number of rotatable bonds is 2. The Kier molecular flexibility index (Phi) is 3.27. The predicted octanol–water partition coefficient (Wildman–Crippen LogP) is 4.01. The summed E-state index contributed by atoms with van der Waals surface area (Å²) in [6.45, 7) is 0.730.